The second-order valence-corrected chi connectivity index (χ2v) is 3.82. The van der Waals surface area contributed by atoms with E-state index in [1.165, 1.54) is 0 Å². The molecule has 1 amide bonds. The van der Waals surface area contributed by atoms with Crippen molar-refractivity contribution < 1.29 is 14.6 Å². The standard InChI is InChI=1S/C10H20N2O3/c1-11-4-3-9(10(11)14)12(5-7-13)6-8-15-2/h9,13H,3-8H2,1-2H3. The topological polar surface area (TPSA) is 53.0 Å². The number of aliphatic hydroxyl groups is 1. The minimum Gasteiger partial charge on any atom is -0.395 e. The van der Waals surface area contributed by atoms with E-state index >= 15 is 0 Å². The van der Waals surface area contributed by atoms with Crippen molar-refractivity contribution in [3.63, 3.8) is 0 Å². The van der Waals surface area contributed by atoms with E-state index in [2.05, 4.69) is 0 Å². The van der Waals surface area contributed by atoms with Gasteiger partial charge in [0.15, 0.2) is 0 Å². The third-order valence-corrected chi connectivity index (χ3v) is 2.81. The van der Waals surface area contributed by atoms with Gasteiger partial charge in [0, 0.05) is 33.8 Å². The van der Waals surface area contributed by atoms with Gasteiger partial charge in [0.1, 0.15) is 0 Å². The molecule has 88 valence electrons. The lowest BCUT2D eigenvalue weighted by Crippen LogP contribution is -2.44. The molecule has 1 fully saturated rings. The first kappa shape index (κ1) is 12.4. The number of methoxy groups -OCH3 is 1. The molecule has 15 heavy (non-hydrogen) atoms. The van der Waals surface area contributed by atoms with Gasteiger partial charge in [-0.15, -0.1) is 0 Å². The first-order chi connectivity index (χ1) is 7.20. The number of carbonyl (C=O) groups is 1. The Kier molecular flexibility index (Phi) is 5.01. The van der Waals surface area contributed by atoms with E-state index in [1.54, 1.807) is 12.0 Å². The van der Waals surface area contributed by atoms with Gasteiger partial charge in [-0.2, -0.15) is 0 Å². The van der Waals surface area contributed by atoms with Gasteiger partial charge in [0.05, 0.1) is 19.3 Å². The van der Waals surface area contributed by atoms with Crippen LogP contribution in [0.4, 0.5) is 0 Å². The molecule has 1 rings (SSSR count). The molecule has 0 radical (unpaired) electrons. The molecule has 0 spiro atoms. The summed E-state index contributed by atoms with van der Waals surface area (Å²) in [4.78, 5) is 15.5. The van der Waals surface area contributed by atoms with E-state index in [-0.39, 0.29) is 18.6 Å². The predicted molar refractivity (Wildman–Crippen MR) is 56.6 cm³/mol. The van der Waals surface area contributed by atoms with Crippen molar-refractivity contribution in [1.82, 2.24) is 9.80 Å². The van der Waals surface area contributed by atoms with Gasteiger partial charge >= 0.3 is 0 Å². The van der Waals surface area contributed by atoms with Crippen molar-refractivity contribution in [2.45, 2.75) is 12.5 Å². The number of aliphatic hydroxyl groups excluding tert-OH is 1. The fourth-order valence-electron chi connectivity index (χ4n) is 1.90. The number of hydrogen-bond acceptors (Lipinski definition) is 4. The number of carbonyl (C=O) groups excluding carboxylic acids is 1. The van der Waals surface area contributed by atoms with Crippen LogP contribution >= 0.6 is 0 Å². The zero-order chi connectivity index (χ0) is 11.3. The fourth-order valence-corrected chi connectivity index (χ4v) is 1.90. The molecule has 1 N–H and O–H groups in total. The maximum Gasteiger partial charge on any atom is 0.239 e. The van der Waals surface area contributed by atoms with Gasteiger partial charge in [-0.05, 0) is 6.42 Å². The summed E-state index contributed by atoms with van der Waals surface area (Å²) in [6.45, 7) is 2.71. The lowest BCUT2D eigenvalue weighted by molar-refractivity contribution is -0.131. The molecule has 1 aliphatic rings. The molecule has 5 heteroatoms. The van der Waals surface area contributed by atoms with E-state index in [4.69, 9.17) is 9.84 Å². The van der Waals surface area contributed by atoms with Crippen molar-refractivity contribution >= 4 is 5.91 Å². The highest BCUT2D eigenvalue weighted by atomic mass is 16.5. The maximum atomic E-state index is 11.7. The highest BCUT2D eigenvalue weighted by Crippen LogP contribution is 2.15. The Morgan fingerprint density at radius 3 is 2.80 bits per heavy atom. The lowest BCUT2D eigenvalue weighted by Gasteiger charge is -2.26. The van der Waals surface area contributed by atoms with Crippen LogP contribution in [-0.2, 0) is 9.53 Å². The predicted octanol–water partition coefficient (Wildman–Crippen LogP) is -0.842. The molecule has 0 bridgehead atoms. The molecule has 1 unspecified atom stereocenters. The Morgan fingerprint density at radius 1 is 1.60 bits per heavy atom. The first-order valence-corrected chi connectivity index (χ1v) is 5.29. The van der Waals surface area contributed by atoms with Crippen molar-refractivity contribution in [2.75, 3.05) is 47.0 Å². The van der Waals surface area contributed by atoms with Crippen LogP contribution in [0, 0.1) is 0 Å². The Hall–Kier alpha value is -0.650. The summed E-state index contributed by atoms with van der Waals surface area (Å²) in [6.07, 6.45) is 0.846. The summed E-state index contributed by atoms with van der Waals surface area (Å²) < 4.78 is 4.99. The van der Waals surface area contributed by atoms with Gasteiger partial charge in [0.2, 0.25) is 5.91 Å². The molecule has 1 aliphatic heterocycles. The zero-order valence-electron chi connectivity index (χ0n) is 9.48. The van der Waals surface area contributed by atoms with Crippen molar-refractivity contribution in [2.24, 2.45) is 0 Å². The van der Waals surface area contributed by atoms with Crippen LogP contribution in [0.5, 0.6) is 0 Å². The van der Waals surface area contributed by atoms with Gasteiger partial charge in [-0.1, -0.05) is 0 Å². The summed E-state index contributed by atoms with van der Waals surface area (Å²) in [5.74, 6) is 0.152. The van der Waals surface area contributed by atoms with Crippen molar-refractivity contribution in [3.8, 4) is 0 Å². The van der Waals surface area contributed by atoms with Crippen LogP contribution in [0.15, 0.2) is 0 Å². The largest absolute Gasteiger partial charge is 0.395 e. The van der Waals surface area contributed by atoms with Crippen molar-refractivity contribution in [1.29, 1.82) is 0 Å². The SMILES string of the molecule is COCCN(CCO)C1CCN(C)C1=O. The molecule has 0 aliphatic carbocycles. The highest BCUT2D eigenvalue weighted by Gasteiger charge is 2.33. The Morgan fingerprint density at radius 2 is 2.33 bits per heavy atom. The first-order valence-electron chi connectivity index (χ1n) is 5.29. The minimum absolute atomic E-state index is 0.0719. The number of amides is 1. The monoisotopic (exact) mass is 216 g/mol. The molecule has 1 heterocycles. The minimum atomic E-state index is -0.0719. The lowest BCUT2D eigenvalue weighted by atomic mass is 10.2. The second kappa shape index (κ2) is 6.05. The van der Waals surface area contributed by atoms with E-state index in [0.29, 0.717) is 19.7 Å². The second-order valence-electron chi connectivity index (χ2n) is 3.82. The summed E-state index contributed by atoms with van der Waals surface area (Å²) >= 11 is 0. The van der Waals surface area contributed by atoms with Crippen LogP contribution in [0.1, 0.15) is 6.42 Å². The Bertz CT molecular complexity index is 211. The average Bonchev–Trinajstić information content (AvgIpc) is 2.55. The molecular weight excluding hydrogens is 196 g/mol. The number of rotatable bonds is 6. The third kappa shape index (κ3) is 3.15. The average molecular weight is 216 g/mol. The maximum absolute atomic E-state index is 11.7. The van der Waals surface area contributed by atoms with E-state index < -0.39 is 0 Å². The molecule has 0 aromatic rings. The molecule has 0 aromatic carbocycles. The molecular formula is C10H20N2O3. The molecule has 0 aromatic heterocycles. The van der Waals surface area contributed by atoms with Crippen LogP contribution in [0.2, 0.25) is 0 Å². The third-order valence-electron chi connectivity index (χ3n) is 2.81. The number of nitrogens with zero attached hydrogens (tertiary/aromatic N) is 2. The van der Waals surface area contributed by atoms with Gasteiger partial charge in [-0.25, -0.2) is 0 Å². The smallest absolute Gasteiger partial charge is 0.239 e. The van der Waals surface area contributed by atoms with Crippen LogP contribution in [-0.4, -0.2) is 73.9 Å². The summed E-state index contributed by atoms with van der Waals surface area (Å²) in [5.41, 5.74) is 0. The van der Waals surface area contributed by atoms with Crippen molar-refractivity contribution in [3.05, 3.63) is 0 Å². The highest BCUT2D eigenvalue weighted by molar-refractivity contribution is 5.83. The number of likely N-dealkylation sites (N-methyl/N-ethyl adjacent to an activating group) is 1. The van der Waals surface area contributed by atoms with Gasteiger partial charge in [-0.3, -0.25) is 9.69 Å². The normalized spacial score (nSPS) is 21.7. The fraction of sp³-hybridized carbons (Fsp3) is 0.900. The molecule has 0 saturated carbocycles. The van der Waals surface area contributed by atoms with E-state index in [0.717, 1.165) is 13.0 Å². The zero-order valence-corrected chi connectivity index (χ0v) is 9.48. The Balaban J connectivity index is 2.51. The summed E-state index contributed by atoms with van der Waals surface area (Å²) in [5, 5.41) is 8.94. The molecule has 5 nitrogen and oxygen atoms in total. The van der Waals surface area contributed by atoms with E-state index in [1.807, 2.05) is 11.9 Å². The van der Waals surface area contributed by atoms with Crippen LogP contribution in [0.25, 0.3) is 0 Å². The van der Waals surface area contributed by atoms with Crippen LogP contribution in [0.3, 0.4) is 0 Å². The van der Waals surface area contributed by atoms with Gasteiger partial charge in [0.25, 0.3) is 0 Å². The number of likely N-dealkylation sites (tertiary alicyclic amines) is 1. The molecule has 1 saturated heterocycles. The number of ether oxygens (including phenoxy) is 1. The van der Waals surface area contributed by atoms with Crippen LogP contribution < -0.4 is 0 Å². The van der Waals surface area contributed by atoms with Gasteiger partial charge < -0.3 is 14.7 Å². The summed E-state index contributed by atoms with van der Waals surface area (Å²) in [6, 6.07) is -0.0719. The van der Waals surface area contributed by atoms with E-state index in [9.17, 15) is 4.79 Å². The Labute approximate surface area is 90.6 Å². The quantitative estimate of drug-likeness (QED) is 0.629. The molecule has 1 atom stereocenters. The number of hydrogen-bond donors (Lipinski definition) is 1. The summed E-state index contributed by atoms with van der Waals surface area (Å²) in [7, 11) is 3.45.